The summed E-state index contributed by atoms with van der Waals surface area (Å²) in [6.07, 6.45) is 1.11. The highest BCUT2D eigenvalue weighted by Gasteiger charge is 2.07. The van der Waals surface area contributed by atoms with Gasteiger partial charge in [-0.3, -0.25) is 0 Å². The van der Waals surface area contributed by atoms with Crippen LogP contribution in [0.3, 0.4) is 0 Å². The van der Waals surface area contributed by atoms with Crippen LogP contribution in [0, 0.1) is 0 Å². The first kappa shape index (κ1) is 15.6. The Morgan fingerprint density at radius 3 is 2.71 bits per heavy atom. The topological polar surface area (TPSA) is 58.9 Å². The second-order valence-corrected chi connectivity index (χ2v) is 5.45. The Morgan fingerprint density at radius 2 is 2.00 bits per heavy atom. The lowest BCUT2D eigenvalue weighted by Crippen LogP contribution is -2.29. The lowest BCUT2D eigenvalue weighted by atomic mass is 10.3. The molecule has 1 heterocycles. The summed E-state index contributed by atoms with van der Waals surface area (Å²) in [6.45, 7) is 7.14. The Morgan fingerprint density at radius 1 is 1.24 bits per heavy atom. The van der Waals surface area contributed by atoms with E-state index in [-0.39, 0.29) is 0 Å². The van der Waals surface area contributed by atoms with Crippen molar-refractivity contribution in [2.75, 3.05) is 20.1 Å². The summed E-state index contributed by atoms with van der Waals surface area (Å²) in [4.78, 5) is 2.34. The lowest BCUT2D eigenvalue weighted by Gasteiger charge is -2.20. The zero-order valence-electron chi connectivity index (χ0n) is 13.0. The van der Waals surface area contributed by atoms with Gasteiger partial charge in [-0.05, 0) is 63.0 Å². The van der Waals surface area contributed by atoms with Crippen LogP contribution in [0.4, 0.5) is 0 Å². The zero-order valence-corrected chi connectivity index (χ0v) is 13.0. The van der Waals surface area contributed by atoms with Gasteiger partial charge >= 0.3 is 0 Å². The van der Waals surface area contributed by atoms with Gasteiger partial charge in [0.05, 0.1) is 12.2 Å². The number of tetrazole rings is 1. The molecule has 6 heteroatoms. The Bertz CT molecular complexity index is 522. The quantitative estimate of drug-likeness (QED) is 0.746. The van der Waals surface area contributed by atoms with E-state index in [1.165, 1.54) is 0 Å². The van der Waals surface area contributed by atoms with Crippen LogP contribution < -0.4 is 5.32 Å². The molecule has 0 unspecified atom stereocenters. The fourth-order valence-electron chi connectivity index (χ4n) is 2.00. The predicted octanol–water partition coefficient (Wildman–Crippen LogP) is 1.48. The van der Waals surface area contributed by atoms with E-state index in [4.69, 9.17) is 0 Å². The highest BCUT2D eigenvalue weighted by Crippen LogP contribution is 2.06. The molecule has 0 bridgehead atoms. The van der Waals surface area contributed by atoms with Crippen LogP contribution in [0.25, 0.3) is 5.69 Å². The molecular weight excluding hydrogens is 264 g/mol. The van der Waals surface area contributed by atoms with Gasteiger partial charge in [-0.1, -0.05) is 18.2 Å². The largest absolute Gasteiger partial charge is 0.310 e. The maximum Gasteiger partial charge on any atom is 0.170 e. The molecule has 21 heavy (non-hydrogen) atoms. The van der Waals surface area contributed by atoms with Crippen LogP contribution in [-0.2, 0) is 6.54 Å². The molecule has 0 aliphatic carbocycles. The van der Waals surface area contributed by atoms with E-state index in [0.29, 0.717) is 12.6 Å². The Labute approximate surface area is 126 Å². The number of nitrogens with one attached hydrogen (secondary N) is 1. The molecule has 0 aliphatic heterocycles. The van der Waals surface area contributed by atoms with E-state index in [2.05, 4.69) is 46.6 Å². The smallest absolute Gasteiger partial charge is 0.170 e. The predicted molar refractivity (Wildman–Crippen MR) is 83.2 cm³/mol. The number of hydrogen-bond acceptors (Lipinski definition) is 5. The van der Waals surface area contributed by atoms with Crippen molar-refractivity contribution in [3.8, 4) is 5.69 Å². The van der Waals surface area contributed by atoms with E-state index in [1.807, 2.05) is 30.3 Å². The third kappa shape index (κ3) is 4.61. The fraction of sp³-hybridized carbons (Fsp3) is 0.533. The summed E-state index contributed by atoms with van der Waals surface area (Å²) < 4.78 is 1.77. The van der Waals surface area contributed by atoms with Crippen LogP contribution >= 0.6 is 0 Å². The maximum atomic E-state index is 4.08. The number of para-hydroxylation sites is 1. The monoisotopic (exact) mass is 288 g/mol. The second-order valence-electron chi connectivity index (χ2n) is 5.45. The second kappa shape index (κ2) is 7.85. The first-order valence-electron chi connectivity index (χ1n) is 7.42. The number of benzene rings is 1. The fourth-order valence-corrected chi connectivity index (χ4v) is 2.00. The first-order chi connectivity index (χ1) is 10.2. The Balaban J connectivity index is 1.79. The van der Waals surface area contributed by atoms with Crippen molar-refractivity contribution in [1.82, 2.24) is 30.4 Å². The maximum absolute atomic E-state index is 4.08. The van der Waals surface area contributed by atoms with Gasteiger partial charge in [-0.2, -0.15) is 4.68 Å². The minimum atomic E-state index is 0.593. The van der Waals surface area contributed by atoms with Gasteiger partial charge in [0.1, 0.15) is 0 Å². The standard InChI is InChI=1S/C15H24N6/c1-13(2)20(3)11-7-10-16-12-15-17-18-19-21(15)14-8-5-4-6-9-14/h4-6,8-9,13,16H,7,10-12H2,1-3H3. The van der Waals surface area contributed by atoms with E-state index in [1.54, 1.807) is 4.68 Å². The molecule has 1 aromatic heterocycles. The molecule has 0 radical (unpaired) electrons. The van der Waals surface area contributed by atoms with E-state index in [9.17, 15) is 0 Å². The molecule has 0 saturated carbocycles. The molecule has 114 valence electrons. The number of rotatable bonds is 8. The van der Waals surface area contributed by atoms with Crippen molar-refractivity contribution >= 4 is 0 Å². The molecule has 0 saturated heterocycles. The average molecular weight is 288 g/mol. The minimum absolute atomic E-state index is 0.593. The SMILES string of the molecule is CC(C)N(C)CCCNCc1nnnn1-c1ccccc1. The molecule has 6 nitrogen and oxygen atoms in total. The van der Waals surface area contributed by atoms with Crippen LogP contribution in [-0.4, -0.2) is 51.3 Å². The summed E-state index contributed by atoms with van der Waals surface area (Å²) in [5.74, 6) is 0.832. The number of aromatic nitrogens is 4. The molecule has 1 N–H and O–H groups in total. The normalized spacial score (nSPS) is 11.5. The summed E-state index contributed by atoms with van der Waals surface area (Å²) in [6, 6.07) is 10.5. The molecule has 0 fully saturated rings. The third-order valence-electron chi connectivity index (χ3n) is 3.56. The van der Waals surface area contributed by atoms with E-state index in [0.717, 1.165) is 31.0 Å². The number of hydrogen-bond donors (Lipinski definition) is 1. The van der Waals surface area contributed by atoms with Gasteiger partial charge in [0, 0.05) is 6.04 Å². The van der Waals surface area contributed by atoms with Crippen LogP contribution in [0.15, 0.2) is 30.3 Å². The molecule has 0 amide bonds. The minimum Gasteiger partial charge on any atom is -0.310 e. The summed E-state index contributed by atoms with van der Waals surface area (Å²) in [5.41, 5.74) is 0.985. The van der Waals surface area contributed by atoms with Crippen LogP contribution in [0.2, 0.25) is 0 Å². The van der Waals surface area contributed by atoms with Gasteiger partial charge in [-0.15, -0.1) is 5.10 Å². The van der Waals surface area contributed by atoms with Gasteiger partial charge < -0.3 is 10.2 Å². The number of nitrogens with zero attached hydrogens (tertiary/aromatic N) is 5. The van der Waals surface area contributed by atoms with Crippen molar-refractivity contribution in [2.45, 2.75) is 32.9 Å². The summed E-state index contributed by atoms with van der Waals surface area (Å²) in [7, 11) is 2.15. The van der Waals surface area contributed by atoms with Gasteiger partial charge in [0.25, 0.3) is 0 Å². The third-order valence-corrected chi connectivity index (χ3v) is 3.56. The highest BCUT2D eigenvalue weighted by molar-refractivity contribution is 5.30. The van der Waals surface area contributed by atoms with Crippen molar-refractivity contribution in [3.05, 3.63) is 36.2 Å². The van der Waals surface area contributed by atoms with E-state index < -0.39 is 0 Å². The van der Waals surface area contributed by atoms with Gasteiger partial charge in [0.2, 0.25) is 0 Å². The Hall–Kier alpha value is -1.79. The van der Waals surface area contributed by atoms with Crippen molar-refractivity contribution in [3.63, 3.8) is 0 Å². The first-order valence-corrected chi connectivity index (χ1v) is 7.42. The molecule has 0 atom stereocenters. The van der Waals surface area contributed by atoms with Gasteiger partial charge in [0.15, 0.2) is 5.82 Å². The van der Waals surface area contributed by atoms with Crippen molar-refractivity contribution in [2.24, 2.45) is 0 Å². The lowest BCUT2D eigenvalue weighted by molar-refractivity contribution is 0.269. The van der Waals surface area contributed by atoms with Crippen LogP contribution in [0.1, 0.15) is 26.1 Å². The molecule has 0 aliphatic rings. The summed E-state index contributed by atoms with van der Waals surface area (Å²) >= 11 is 0. The molecule has 2 aromatic rings. The average Bonchev–Trinajstić information content (AvgIpc) is 2.96. The van der Waals surface area contributed by atoms with Crippen molar-refractivity contribution < 1.29 is 0 Å². The molecule has 0 spiro atoms. The zero-order chi connectivity index (χ0) is 15.1. The van der Waals surface area contributed by atoms with Gasteiger partial charge in [-0.25, -0.2) is 0 Å². The molecule has 2 rings (SSSR count). The highest BCUT2D eigenvalue weighted by atomic mass is 15.5. The van der Waals surface area contributed by atoms with Crippen molar-refractivity contribution in [1.29, 1.82) is 0 Å². The Kier molecular flexibility index (Phi) is 5.83. The van der Waals surface area contributed by atoms with Crippen LogP contribution in [0.5, 0.6) is 0 Å². The summed E-state index contributed by atoms with van der Waals surface area (Å²) in [5, 5.41) is 15.3. The molecule has 1 aromatic carbocycles. The van der Waals surface area contributed by atoms with E-state index >= 15 is 0 Å². The molecular formula is C15H24N6.